The van der Waals surface area contributed by atoms with Crippen molar-refractivity contribution in [2.24, 2.45) is 0 Å². The summed E-state index contributed by atoms with van der Waals surface area (Å²) in [5, 5.41) is 0. The molecule has 22 heteroatoms. The van der Waals surface area contributed by atoms with Crippen molar-refractivity contribution < 1.29 is 65.0 Å². The average molecular weight is 1690 g/mol. The summed E-state index contributed by atoms with van der Waals surface area (Å²) in [6.45, 7) is 18.4. The molecule has 8 aromatic carbocycles. The van der Waals surface area contributed by atoms with E-state index in [2.05, 4.69) is 19.9 Å². The Kier molecular flexibility index (Phi) is 34.2. The van der Waals surface area contributed by atoms with Crippen LogP contribution < -0.4 is 24.3 Å². The Labute approximate surface area is 728 Å². The zero-order valence-electron chi connectivity index (χ0n) is 73.4. The van der Waals surface area contributed by atoms with E-state index in [9.17, 15) is 60.3 Å². The molecule has 12 aromatic rings. The van der Waals surface area contributed by atoms with E-state index in [-0.39, 0.29) is 76.5 Å². The zero-order chi connectivity index (χ0) is 90.9. The van der Waals surface area contributed by atoms with Crippen LogP contribution in [0, 0.1) is 71.0 Å². The highest BCUT2D eigenvalue weighted by Gasteiger charge is 2.22. The second-order valence-electron chi connectivity index (χ2n) is 30.3. The van der Waals surface area contributed by atoms with Crippen LogP contribution in [0.3, 0.4) is 0 Å². The predicted octanol–water partition coefficient (Wildman–Crippen LogP) is 22.3. The molecule has 125 heavy (non-hydrogen) atoms. The summed E-state index contributed by atoms with van der Waals surface area (Å²) in [5.74, 6) is -2.78. The third-order valence-electron chi connectivity index (χ3n) is 22.0. The molecular weight excluding hydrogens is 1590 g/mol. The standard InChI is InChI=1S/C26H27FN2O3.2C26H27FN2O2.C25H24F2N2O2/c1-5-25(31)29(3)23-12-9-20(16-22(23)27)19-8-11-21(17(2)15-19)24(30)13-10-18-7-6-14-28-26(18)32-4;1-5-26(31)29(4)22-11-6-20(7-12-22)21-8-13-23(17(2)16-21)24(30)14-9-19-10-15-25(27)28-18(19)3;1-5-26(31)29(4)24-12-9-21(16-23(24)27)20-8-11-22(17(2)15-20)25(30)13-10-19-7-6-14-28-18(19)3;1-4-24(31)29(3)20-10-5-17(6-11-20)19-7-12-21(16(2)15-19)22(30)13-8-18-9-14-23(26)28-25(18)27/h6-9,11-12,14-16H,5,10,13H2,1-4H3;6-8,10-13,15-16H,5,9,14H2,1-4H3;6-9,11-12,14-16H,5,10,13H2,1-4H3;5-7,9-12,14-15H,4,8,13H2,1-3H3. The van der Waals surface area contributed by atoms with E-state index in [4.69, 9.17) is 4.74 Å². The van der Waals surface area contributed by atoms with E-state index in [0.717, 1.165) is 95.5 Å². The van der Waals surface area contributed by atoms with Gasteiger partial charge in [0.15, 0.2) is 23.1 Å². The maximum atomic E-state index is 14.7. The van der Waals surface area contributed by atoms with E-state index in [0.29, 0.717) is 109 Å². The molecule has 0 atom stereocenters. The summed E-state index contributed by atoms with van der Waals surface area (Å²) in [6, 6.07) is 60.6. The topological polar surface area (TPSA) is 210 Å². The minimum absolute atomic E-state index is 0.0289. The number of ketones is 4. The highest BCUT2D eigenvalue weighted by Crippen LogP contribution is 2.34. The van der Waals surface area contributed by atoms with Crippen molar-refractivity contribution >= 4 is 69.5 Å². The van der Waals surface area contributed by atoms with Gasteiger partial charge in [0.05, 0.1) is 18.5 Å². The number of aromatic nitrogens is 4. The van der Waals surface area contributed by atoms with Gasteiger partial charge in [0.2, 0.25) is 47.4 Å². The number of hydrogen-bond donors (Lipinski definition) is 0. The van der Waals surface area contributed by atoms with Gasteiger partial charge in [0.25, 0.3) is 0 Å². The number of rotatable bonds is 29. The van der Waals surface area contributed by atoms with Crippen LogP contribution >= 0.6 is 0 Å². The molecule has 0 fully saturated rings. The molecule has 0 aliphatic heterocycles. The van der Waals surface area contributed by atoms with Crippen molar-refractivity contribution in [2.75, 3.05) is 54.9 Å². The number of ether oxygens (including phenoxy) is 1. The van der Waals surface area contributed by atoms with E-state index >= 15 is 0 Å². The molecule has 17 nitrogen and oxygen atoms in total. The second kappa shape index (κ2) is 45.0. The Morgan fingerprint density at radius 2 is 0.624 bits per heavy atom. The minimum atomic E-state index is -0.880. The van der Waals surface area contributed by atoms with Gasteiger partial charge in [-0.15, -0.1) is 0 Å². The number of benzene rings is 8. The molecule has 4 amide bonds. The Hall–Kier alpha value is -13.6. The largest absolute Gasteiger partial charge is 0.481 e. The lowest BCUT2D eigenvalue weighted by atomic mass is 9.95. The van der Waals surface area contributed by atoms with Crippen LogP contribution in [0.2, 0.25) is 0 Å². The lowest BCUT2D eigenvalue weighted by molar-refractivity contribution is -0.118. The average Bonchev–Trinajstić information content (AvgIpc) is 0.830. The minimum Gasteiger partial charge on any atom is -0.481 e. The van der Waals surface area contributed by atoms with E-state index in [1.807, 2.05) is 182 Å². The van der Waals surface area contributed by atoms with Gasteiger partial charge in [0.1, 0.15) is 11.6 Å². The summed E-state index contributed by atoms with van der Waals surface area (Å²) in [4.78, 5) is 120. The molecule has 0 aliphatic rings. The van der Waals surface area contributed by atoms with Crippen molar-refractivity contribution in [1.29, 1.82) is 0 Å². The maximum Gasteiger partial charge on any atom is 0.226 e. The third-order valence-corrected chi connectivity index (χ3v) is 22.0. The van der Waals surface area contributed by atoms with Crippen molar-refractivity contribution in [3.05, 3.63) is 326 Å². The fourth-order valence-electron chi connectivity index (χ4n) is 14.4. The van der Waals surface area contributed by atoms with Crippen LogP contribution in [0.4, 0.5) is 44.7 Å². The number of anilines is 4. The second-order valence-corrected chi connectivity index (χ2v) is 30.3. The van der Waals surface area contributed by atoms with Gasteiger partial charge in [-0.25, -0.2) is 18.7 Å². The fourth-order valence-corrected chi connectivity index (χ4v) is 14.4. The number of carbonyl (C=O) groups is 8. The van der Waals surface area contributed by atoms with Crippen LogP contribution in [-0.2, 0) is 44.9 Å². The van der Waals surface area contributed by atoms with Crippen LogP contribution in [0.15, 0.2) is 219 Å². The van der Waals surface area contributed by atoms with Crippen LogP contribution in [-0.4, -0.2) is 102 Å². The molecule has 0 saturated carbocycles. The molecule has 4 heterocycles. The highest BCUT2D eigenvalue weighted by atomic mass is 19.1. The normalized spacial score (nSPS) is 10.7. The predicted molar refractivity (Wildman–Crippen MR) is 485 cm³/mol. The Morgan fingerprint density at radius 3 is 0.968 bits per heavy atom. The van der Waals surface area contributed by atoms with E-state index in [1.54, 1.807) is 121 Å². The number of Topliss-reactive ketones (excluding diaryl/α,β-unsaturated/α-hetero) is 4. The number of carbonyl (C=O) groups excluding carboxylic acids is 8. The molecule has 12 rings (SSSR count). The monoisotopic (exact) mass is 1690 g/mol. The summed E-state index contributed by atoms with van der Waals surface area (Å²) >= 11 is 0. The Bertz CT molecular complexity index is 5740. The van der Waals surface area contributed by atoms with Crippen molar-refractivity contribution in [3.8, 4) is 50.4 Å². The van der Waals surface area contributed by atoms with Gasteiger partial charge in [-0.3, -0.25) is 43.3 Å². The first-order chi connectivity index (χ1) is 59.8. The third kappa shape index (κ3) is 25.3. The van der Waals surface area contributed by atoms with Crippen molar-refractivity contribution in [1.82, 2.24) is 19.9 Å². The fraction of sp³-hybridized carbons (Fsp3) is 0.262. The molecule has 0 N–H and O–H groups in total. The number of nitrogens with zero attached hydrogens (tertiary/aromatic N) is 8. The van der Waals surface area contributed by atoms with Crippen molar-refractivity contribution in [3.63, 3.8) is 0 Å². The van der Waals surface area contributed by atoms with E-state index in [1.165, 1.54) is 34.1 Å². The van der Waals surface area contributed by atoms with Crippen LogP contribution in [0.25, 0.3) is 44.5 Å². The quantitative estimate of drug-likeness (QED) is 0.0243. The molecule has 4 aromatic heterocycles. The van der Waals surface area contributed by atoms with Gasteiger partial charge in [-0.1, -0.05) is 155 Å². The number of halogens is 5. The molecule has 0 spiro atoms. The number of amides is 4. The first kappa shape index (κ1) is 95.2. The molecule has 0 radical (unpaired) electrons. The summed E-state index contributed by atoms with van der Waals surface area (Å²) < 4.78 is 74.3. The first-order valence-electron chi connectivity index (χ1n) is 41.5. The molecule has 0 bridgehead atoms. The van der Waals surface area contributed by atoms with Crippen molar-refractivity contribution in [2.45, 2.75) is 146 Å². The van der Waals surface area contributed by atoms with Gasteiger partial charge >= 0.3 is 0 Å². The number of aryl methyl sites for hydroxylation is 10. The molecule has 0 saturated heterocycles. The molecule has 646 valence electrons. The molecule has 0 unspecified atom stereocenters. The number of pyridine rings is 4. The van der Waals surface area contributed by atoms with Gasteiger partial charge in [0, 0.05) is 148 Å². The van der Waals surface area contributed by atoms with Crippen LogP contribution in [0.5, 0.6) is 5.88 Å². The van der Waals surface area contributed by atoms with Crippen LogP contribution in [0.1, 0.15) is 176 Å². The van der Waals surface area contributed by atoms with Gasteiger partial charge in [-0.2, -0.15) is 18.2 Å². The maximum absolute atomic E-state index is 14.7. The number of methoxy groups -OCH3 is 1. The van der Waals surface area contributed by atoms with Gasteiger partial charge in [-0.05, 0) is 224 Å². The lowest BCUT2D eigenvalue weighted by Gasteiger charge is -2.18. The molecular formula is C103H105F5N8O9. The summed E-state index contributed by atoms with van der Waals surface area (Å²) in [7, 11) is 8.22. The summed E-state index contributed by atoms with van der Waals surface area (Å²) in [6.07, 6.45) is 8.00. The highest BCUT2D eigenvalue weighted by molar-refractivity contribution is 6.01. The summed E-state index contributed by atoms with van der Waals surface area (Å²) in [5.41, 5.74) is 19.8. The van der Waals surface area contributed by atoms with E-state index < -0.39 is 29.5 Å². The number of hydrogen-bond acceptors (Lipinski definition) is 13. The molecule has 0 aliphatic carbocycles. The first-order valence-corrected chi connectivity index (χ1v) is 41.5. The van der Waals surface area contributed by atoms with Gasteiger partial charge < -0.3 is 24.3 Å². The lowest BCUT2D eigenvalue weighted by Crippen LogP contribution is -2.25. The Balaban J connectivity index is 0.000000189. The Morgan fingerprint density at radius 1 is 0.320 bits per heavy atom. The zero-order valence-corrected chi connectivity index (χ0v) is 73.4. The SMILES string of the molecule is CCC(=O)N(C)c1ccc(-c2ccc(C(=O)CCc3ccc(F)nc3C)c(C)c2)cc1.CCC(=O)N(C)c1ccc(-c2ccc(C(=O)CCc3ccc(F)nc3F)c(C)c2)cc1.CCC(=O)N(C)c1ccc(-c2ccc(C(=O)CCc3cccnc3C)c(C)c2)cc1F.CCC(=O)N(C)c1ccc(-c2ccc(C(=O)CCc3cccnc3OC)c(C)c2)cc1F. The smallest absolute Gasteiger partial charge is 0.226 e.